The maximum atomic E-state index is 12.2. The standard InChI is InChI=1S/C13H18N2O4S/c1-9(2)20(17,18)8-12(16)15-6-7-19-13-11(15)5-4-10(3)14-13/h4-5,9H,6-8H2,1-3H3. The number of nitrogens with zero attached hydrogens (tertiary/aromatic N) is 2. The molecule has 1 aromatic heterocycles. The maximum absolute atomic E-state index is 12.2. The SMILES string of the molecule is Cc1ccc2c(n1)OCCN2C(=O)CS(=O)(=O)C(C)C. The third-order valence-corrected chi connectivity index (χ3v) is 5.25. The molecule has 0 fully saturated rings. The van der Waals surface area contributed by atoms with Gasteiger partial charge in [-0.3, -0.25) is 4.79 Å². The van der Waals surface area contributed by atoms with Gasteiger partial charge in [-0.05, 0) is 32.9 Å². The molecule has 2 rings (SSSR count). The summed E-state index contributed by atoms with van der Waals surface area (Å²) >= 11 is 0. The molecule has 0 aromatic carbocycles. The molecule has 0 spiro atoms. The van der Waals surface area contributed by atoms with Crippen molar-refractivity contribution in [2.45, 2.75) is 26.0 Å². The number of carbonyl (C=O) groups excluding carboxylic acids is 1. The van der Waals surface area contributed by atoms with Gasteiger partial charge in [0.2, 0.25) is 11.8 Å². The molecule has 0 aliphatic carbocycles. The molecule has 110 valence electrons. The third-order valence-electron chi connectivity index (χ3n) is 3.17. The number of fused-ring (bicyclic) bond motifs is 1. The van der Waals surface area contributed by atoms with E-state index >= 15 is 0 Å². The number of aryl methyl sites for hydroxylation is 1. The number of amides is 1. The highest BCUT2D eigenvalue weighted by atomic mass is 32.2. The molecule has 0 saturated heterocycles. The molecule has 0 bridgehead atoms. The van der Waals surface area contributed by atoms with Gasteiger partial charge < -0.3 is 9.64 Å². The van der Waals surface area contributed by atoms with E-state index in [9.17, 15) is 13.2 Å². The molecule has 1 aromatic rings. The zero-order valence-corrected chi connectivity index (χ0v) is 12.6. The normalized spacial score (nSPS) is 14.9. The third kappa shape index (κ3) is 2.92. The zero-order chi connectivity index (χ0) is 14.9. The van der Waals surface area contributed by atoms with Gasteiger partial charge in [0.25, 0.3) is 0 Å². The lowest BCUT2D eigenvalue weighted by Gasteiger charge is -2.29. The number of hydrogen-bond acceptors (Lipinski definition) is 5. The Morgan fingerprint density at radius 3 is 2.80 bits per heavy atom. The van der Waals surface area contributed by atoms with E-state index in [1.54, 1.807) is 26.0 Å². The molecule has 0 N–H and O–H groups in total. The molecule has 6 nitrogen and oxygen atoms in total. The first-order valence-electron chi connectivity index (χ1n) is 6.43. The molecule has 0 saturated carbocycles. The van der Waals surface area contributed by atoms with Crippen LogP contribution in [-0.2, 0) is 14.6 Å². The van der Waals surface area contributed by atoms with Gasteiger partial charge in [0.1, 0.15) is 18.0 Å². The topological polar surface area (TPSA) is 76.6 Å². The summed E-state index contributed by atoms with van der Waals surface area (Å²) in [6.45, 7) is 5.62. The van der Waals surface area contributed by atoms with Crippen LogP contribution in [0.5, 0.6) is 5.88 Å². The predicted molar refractivity (Wildman–Crippen MR) is 75.7 cm³/mol. The predicted octanol–water partition coefficient (Wildman–Crippen LogP) is 0.939. The summed E-state index contributed by atoms with van der Waals surface area (Å²) < 4.78 is 29.1. The average Bonchev–Trinajstić information content (AvgIpc) is 2.36. The van der Waals surface area contributed by atoms with Crippen LogP contribution in [0.3, 0.4) is 0 Å². The fraction of sp³-hybridized carbons (Fsp3) is 0.538. The Labute approximate surface area is 118 Å². The number of rotatable bonds is 3. The Hall–Kier alpha value is -1.63. The summed E-state index contributed by atoms with van der Waals surface area (Å²) in [5.74, 6) is -0.543. The molecule has 0 unspecified atom stereocenters. The van der Waals surface area contributed by atoms with Crippen LogP contribution < -0.4 is 9.64 Å². The second-order valence-corrected chi connectivity index (χ2v) is 7.58. The van der Waals surface area contributed by atoms with Gasteiger partial charge in [-0.25, -0.2) is 13.4 Å². The van der Waals surface area contributed by atoms with Crippen LogP contribution in [0, 0.1) is 6.92 Å². The number of anilines is 1. The lowest BCUT2D eigenvalue weighted by atomic mass is 10.3. The van der Waals surface area contributed by atoms with Crippen LogP contribution in [0.1, 0.15) is 19.5 Å². The van der Waals surface area contributed by atoms with Gasteiger partial charge in [0, 0.05) is 5.69 Å². The van der Waals surface area contributed by atoms with Crippen molar-refractivity contribution in [3.8, 4) is 5.88 Å². The van der Waals surface area contributed by atoms with E-state index in [0.29, 0.717) is 24.7 Å². The molecule has 7 heteroatoms. The average molecular weight is 298 g/mol. The van der Waals surface area contributed by atoms with E-state index < -0.39 is 26.7 Å². The Kier molecular flexibility index (Phi) is 3.99. The van der Waals surface area contributed by atoms with Crippen LogP contribution in [0.2, 0.25) is 0 Å². The van der Waals surface area contributed by atoms with Crippen LogP contribution in [0.15, 0.2) is 12.1 Å². The zero-order valence-electron chi connectivity index (χ0n) is 11.8. The highest BCUT2D eigenvalue weighted by molar-refractivity contribution is 7.92. The number of hydrogen-bond donors (Lipinski definition) is 0. The Morgan fingerprint density at radius 1 is 1.45 bits per heavy atom. The van der Waals surface area contributed by atoms with Gasteiger partial charge in [0.05, 0.1) is 11.8 Å². The van der Waals surface area contributed by atoms with E-state index in [-0.39, 0.29) is 0 Å². The van der Waals surface area contributed by atoms with E-state index in [1.807, 2.05) is 6.92 Å². The van der Waals surface area contributed by atoms with Crippen LogP contribution in [0.4, 0.5) is 5.69 Å². The first-order chi connectivity index (χ1) is 9.31. The van der Waals surface area contributed by atoms with E-state index in [0.717, 1.165) is 5.69 Å². The maximum Gasteiger partial charge on any atom is 0.242 e. The van der Waals surface area contributed by atoms with Crippen molar-refractivity contribution in [1.82, 2.24) is 4.98 Å². The molecular weight excluding hydrogens is 280 g/mol. The Bertz CT molecular complexity index is 625. The minimum absolute atomic E-state index is 0.316. The lowest BCUT2D eigenvalue weighted by molar-refractivity contribution is -0.116. The van der Waals surface area contributed by atoms with Crippen molar-refractivity contribution in [3.63, 3.8) is 0 Å². The fourth-order valence-corrected chi connectivity index (χ4v) is 2.70. The summed E-state index contributed by atoms with van der Waals surface area (Å²) in [6, 6.07) is 3.50. The van der Waals surface area contributed by atoms with Crippen molar-refractivity contribution in [3.05, 3.63) is 17.8 Å². The second kappa shape index (κ2) is 5.40. The van der Waals surface area contributed by atoms with Crippen molar-refractivity contribution in [2.75, 3.05) is 23.8 Å². The van der Waals surface area contributed by atoms with Gasteiger partial charge in [-0.15, -0.1) is 0 Å². The first-order valence-corrected chi connectivity index (χ1v) is 8.15. The molecule has 2 heterocycles. The minimum Gasteiger partial charge on any atom is -0.474 e. The molecule has 1 amide bonds. The van der Waals surface area contributed by atoms with Crippen LogP contribution in [-0.4, -0.2) is 43.5 Å². The number of sulfone groups is 1. The van der Waals surface area contributed by atoms with Crippen molar-refractivity contribution in [1.29, 1.82) is 0 Å². The van der Waals surface area contributed by atoms with E-state index in [1.165, 1.54) is 4.90 Å². The molecule has 1 aliphatic rings. The van der Waals surface area contributed by atoms with Gasteiger partial charge in [-0.2, -0.15) is 0 Å². The van der Waals surface area contributed by atoms with Gasteiger partial charge >= 0.3 is 0 Å². The summed E-state index contributed by atoms with van der Waals surface area (Å²) in [5.41, 5.74) is 1.32. The van der Waals surface area contributed by atoms with Gasteiger partial charge in [0.15, 0.2) is 9.84 Å². The van der Waals surface area contributed by atoms with Gasteiger partial charge in [-0.1, -0.05) is 0 Å². The number of pyridine rings is 1. The molecule has 0 atom stereocenters. The molecular formula is C13H18N2O4S. The molecule has 1 aliphatic heterocycles. The fourth-order valence-electron chi connectivity index (χ4n) is 1.87. The van der Waals surface area contributed by atoms with Crippen molar-refractivity contribution >= 4 is 21.4 Å². The summed E-state index contributed by atoms with van der Waals surface area (Å²) in [4.78, 5) is 17.9. The Morgan fingerprint density at radius 2 is 2.15 bits per heavy atom. The number of aromatic nitrogens is 1. The monoisotopic (exact) mass is 298 g/mol. The molecule has 0 radical (unpaired) electrons. The quantitative estimate of drug-likeness (QED) is 0.830. The smallest absolute Gasteiger partial charge is 0.242 e. The summed E-state index contributed by atoms with van der Waals surface area (Å²) in [6.07, 6.45) is 0. The first kappa shape index (κ1) is 14.8. The summed E-state index contributed by atoms with van der Waals surface area (Å²) in [5, 5.41) is -0.567. The largest absolute Gasteiger partial charge is 0.474 e. The van der Waals surface area contributed by atoms with Crippen molar-refractivity contribution in [2.24, 2.45) is 0 Å². The number of carbonyl (C=O) groups is 1. The van der Waals surface area contributed by atoms with Crippen molar-refractivity contribution < 1.29 is 17.9 Å². The highest BCUT2D eigenvalue weighted by Gasteiger charge is 2.29. The van der Waals surface area contributed by atoms with Crippen LogP contribution >= 0.6 is 0 Å². The lowest BCUT2D eigenvalue weighted by Crippen LogP contribution is -2.42. The Balaban J connectivity index is 2.26. The minimum atomic E-state index is -3.41. The van der Waals surface area contributed by atoms with E-state index in [2.05, 4.69) is 4.98 Å². The summed E-state index contributed by atoms with van der Waals surface area (Å²) in [7, 11) is -3.41. The molecule has 20 heavy (non-hydrogen) atoms. The van der Waals surface area contributed by atoms with Crippen LogP contribution in [0.25, 0.3) is 0 Å². The second-order valence-electron chi connectivity index (χ2n) is 5.03. The van der Waals surface area contributed by atoms with E-state index in [4.69, 9.17) is 4.74 Å². The number of ether oxygens (including phenoxy) is 1. The highest BCUT2D eigenvalue weighted by Crippen LogP contribution is 2.29.